The van der Waals surface area contributed by atoms with Crippen LogP contribution in [0.3, 0.4) is 0 Å². The number of rotatable bonds is 5. The summed E-state index contributed by atoms with van der Waals surface area (Å²) >= 11 is 0. The third kappa shape index (κ3) is 3.20. The van der Waals surface area contributed by atoms with Gasteiger partial charge in [-0.05, 0) is 37.5 Å². The van der Waals surface area contributed by atoms with E-state index in [9.17, 15) is 5.11 Å². The zero-order valence-electron chi connectivity index (χ0n) is 12.4. The standard InChI is InChI=1S/C18H22O2/c1-4-11-20-17-8-6-5-7-16(17)18(19)15-10-9-13(2)12-14(15)3/h5-10,12,18-19H,4,11H2,1-3H3. The lowest BCUT2D eigenvalue weighted by atomic mass is 9.95. The minimum absolute atomic E-state index is 0.649. The zero-order valence-corrected chi connectivity index (χ0v) is 12.4. The fourth-order valence-electron chi connectivity index (χ4n) is 2.35. The van der Waals surface area contributed by atoms with Gasteiger partial charge in [-0.2, -0.15) is 0 Å². The Morgan fingerprint density at radius 1 is 1.05 bits per heavy atom. The number of hydrogen-bond donors (Lipinski definition) is 1. The first-order valence-electron chi connectivity index (χ1n) is 7.10. The molecule has 0 radical (unpaired) electrons. The van der Waals surface area contributed by atoms with Crippen LogP contribution < -0.4 is 4.74 Å². The Balaban J connectivity index is 2.35. The summed E-state index contributed by atoms with van der Waals surface area (Å²) in [5, 5.41) is 10.7. The van der Waals surface area contributed by atoms with Gasteiger partial charge in [0.25, 0.3) is 0 Å². The quantitative estimate of drug-likeness (QED) is 0.883. The molecule has 0 aromatic heterocycles. The van der Waals surface area contributed by atoms with Crippen LogP contribution in [0.2, 0.25) is 0 Å². The van der Waals surface area contributed by atoms with Gasteiger partial charge in [0, 0.05) is 5.56 Å². The third-order valence-electron chi connectivity index (χ3n) is 3.40. The van der Waals surface area contributed by atoms with Crippen molar-refractivity contribution in [3.05, 3.63) is 64.7 Å². The van der Waals surface area contributed by atoms with E-state index in [1.54, 1.807) is 0 Å². The van der Waals surface area contributed by atoms with E-state index in [1.165, 1.54) is 5.56 Å². The van der Waals surface area contributed by atoms with Crippen LogP contribution in [-0.2, 0) is 0 Å². The monoisotopic (exact) mass is 270 g/mol. The van der Waals surface area contributed by atoms with Crippen molar-refractivity contribution in [2.75, 3.05) is 6.61 Å². The Morgan fingerprint density at radius 3 is 2.50 bits per heavy atom. The highest BCUT2D eigenvalue weighted by atomic mass is 16.5. The van der Waals surface area contributed by atoms with Crippen LogP contribution in [0.25, 0.3) is 0 Å². The number of para-hydroxylation sites is 1. The van der Waals surface area contributed by atoms with Gasteiger partial charge >= 0.3 is 0 Å². The van der Waals surface area contributed by atoms with E-state index < -0.39 is 6.10 Å². The van der Waals surface area contributed by atoms with Gasteiger partial charge in [-0.3, -0.25) is 0 Å². The molecule has 20 heavy (non-hydrogen) atoms. The first-order chi connectivity index (χ1) is 9.63. The molecule has 0 fully saturated rings. The molecule has 2 aromatic carbocycles. The van der Waals surface area contributed by atoms with Crippen molar-refractivity contribution in [1.29, 1.82) is 0 Å². The molecular formula is C18H22O2. The Labute approximate surface area is 121 Å². The van der Waals surface area contributed by atoms with E-state index >= 15 is 0 Å². The summed E-state index contributed by atoms with van der Waals surface area (Å²) in [7, 11) is 0. The highest BCUT2D eigenvalue weighted by Gasteiger charge is 2.17. The summed E-state index contributed by atoms with van der Waals surface area (Å²) in [6.45, 7) is 6.82. The van der Waals surface area contributed by atoms with Gasteiger partial charge in [-0.25, -0.2) is 0 Å². The van der Waals surface area contributed by atoms with Gasteiger partial charge in [0.1, 0.15) is 11.9 Å². The van der Waals surface area contributed by atoms with E-state index in [2.05, 4.69) is 19.9 Å². The number of aryl methyl sites for hydroxylation is 2. The molecule has 2 nitrogen and oxygen atoms in total. The summed E-state index contributed by atoms with van der Waals surface area (Å²) < 4.78 is 5.73. The molecule has 0 saturated carbocycles. The van der Waals surface area contributed by atoms with Crippen LogP contribution in [-0.4, -0.2) is 11.7 Å². The average molecular weight is 270 g/mol. The molecule has 1 atom stereocenters. The second kappa shape index (κ2) is 6.58. The van der Waals surface area contributed by atoms with E-state index in [-0.39, 0.29) is 0 Å². The Bertz CT molecular complexity index is 575. The van der Waals surface area contributed by atoms with E-state index in [1.807, 2.05) is 43.3 Å². The van der Waals surface area contributed by atoms with Gasteiger partial charge in [0.2, 0.25) is 0 Å². The fourth-order valence-corrected chi connectivity index (χ4v) is 2.35. The Kier molecular flexibility index (Phi) is 4.80. The summed E-state index contributed by atoms with van der Waals surface area (Å²) in [5.41, 5.74) is 4.06. The van der Waals surface area contributed by atoms with E-state index in [0.29, 0.717) is 6.61 Å². The Hall–Kier alpha value is -1.80. The molecule has 0 spiro atoms. The lowest BCUT2D eigenvalue weighted by Crippen LogP contribution is -2.06. The van der Waals surface area contributed by atoms with Crippen LogP contribution in [0.5, 0.6) is 5.75 Å². The van der Waals surface area contributed by atoms with Crippen molar-refractivity contribution >= 4 is 0 Å². The molecule has 0 heterocycles. The fraction of sp³-hybridized carbons (Fsp3) is 0.333. The van der Waals surface area contributed by atoms with E-state index in [4.69, 9.17) is 4.74 Å². The third-order valence-corrected chi connectivity index (χ3v) is 3.40. The van der Waals surface area contributed by atoms with Gasteiger partial charge in [-0.15, -0.1) is 0 Å². The predicted octanol–water partition coefficient (Wildman–Crippen LogP) is 4.17. The molecule has 1 N–H and O–H groups in total. The molecule has 1 unspecified atom stereocenters. The summed E-state index contributed by atoms with van der Waals surface area (Å²) in [4.78, 5) is 0. The first-order valence-corrected chi connectivity index (χ1v) is 7.10. The van der Waals surface area contributed by atoms with Crippen molar-refractivity contribution in [1.82, 2.24) is 0 Å². The topological polar surface area (TPSA) is 29.5 Å². The van der Waals surface area contributed by atoms with E-state index in [0.717, 1.165) is 28.9 Å². The summed E-state index contributed by atoms with van der Waals surface area (Å²) in [6, 6.07) is 13.8. The largest absolute Gasteiger partial charge is 0.493 e. The van der Waals surface area contributed by atoms with Gasteiger partial charge in [0.05, 0.1) is 6.61 Å². The molecule has 0 bridgehead atoms. The van der Waals surface area contributed by atoms with Crippen LogP contribution in [0.15, 0.2) is 42.5 Å². The summed E-state index contributed by atoms with van der Waals surface area (Å²) in [6.07, 6.45) is 0.303. The lowest BCUT2D eigenvalue weighted by Gasteiger charge is -2.18. The molecule has 2 heteroatoms. The van der Waals surface area contributed by atoms with Crippen LogP contribution in [0.4, 0.5) is 0 Å². The molecular weight excluding hydrogens is 248 g/mol. The highest BCUT2D eigenvalue weighted by Crippen LogP contribution is 2.31. The summed E-state index contributed by atoms with van der Waals surface area (Å²) in [5.74, 6) is 0.766. The maximum Gasteiger partial charge on any atom is 0.125 e. The SMILES string of the molecule is CCCOc1ccccc1C(O)c1ccc(C)cc1C. The second-order valence-electron chi connectivity index (χ2n) is 5.15. The molecule has 0 aliphatic heterocycles. The highest BCUT2D eigenvalue weighted by molar-refractivity contribution is 5.43. The van der Waals surface area contributed by atoms with Crippen LogP contribution in [0.1, 0.15) is 41.7 Å². The average Bonchev–Trinajstić information content (AvgIpc) is 2.45. The normalized spacial score (nSPS) is 12.2. The first kappa shape index (κ1) is 14.6. The van der Waals surface area contributed by atoms with Crippen molar-refractivity contribution in [3.63, 3.8) is 0 Å². The van der Waals surface area contributed by atoms with Crippen molar-refractivity contribution < 1.29 is 9.84 Å². The maximum absolute atomic E-state index is 10.7. The molecule has 2 rings (SSSR count). The number of aliphatic hydroxyl groups is 1. The Morgan fingerprint density at radius 2 is 1.80 bits per heavy atom. The number of hydrogen-bond acceptors (Lipinski definition) is 2. The molecule has 106 valence electrons. The second-order valence-corrected chi connectivity index (χ2v) is 5.15. The van der Waals surface area contributed by atoms with Crippen LogP contribution in [0, 0.1) is 13.8 Å². The molecule has 0 aliphatic rings. The van der Waals surface area contributed by atoms with Crippen molar-refractivity contribution in [3.8, 4) is 5.75 Å². The van der Waals surface area contributed by atoms with Crippen molar-refractivity contribution in [2.24, 2.45) is 0 Å². The molecule has 0 aliphatic carbocycles. The number of ether oxygens (including phenoxy) is 1. The van der Waals surface area contributed by atoms with Crippen molar-refractivity contribution in [2.45, 2.75) is 33.3 Å². The van der Waals surface area contributed by atoms with Gasteiger partial charge in [0.15, 0.2) is 0 Å². The minimum atomic E-state index is -0.649. The lowest BCUT2D eigenvalue weighted by molar-refractivity contribution is 0.210. The number of benzene rings is 2. The number of aliphatic hydroxyl groups excluding tert-OH is 1. The predicted molar refractivity (Wildman–Crippen MR) is 82.2 cm³/mol. The van der Waals surface area contributed by atoms with Gasteiger partial charge < -0.3 is 9.84 Å². The molecule has 0 saturated heterocycles. The van der Waals surface area contributed by atoms with Crippen LogP contribution >= 0.6 is 0 Å². The minimum Gasteiger partial charge on any atom is -0.493 e. The molecule has 0 amide bonds. The van der Waals surface area contributed by atoms with Gasteiger partial charge in [-0.1, -0.05) is 48.9 Å². The zero-order chi connectivity index (χ0) is 14.5. The smallest absolute Gasteiger partial charge is 0.125 e. The molecule has 2 aromatic rings. The maximum atomic E-state index is 10.7.